The van der Waals surface area contributed by atoms with Gasteiger partial charge in [-0.1, -0.05) is 25.6 Å². The Hall–Kier alpha value is -2.67. The van der Waals surface area contributed by atoms with Gasteiger partial charge in [0, 0.05) is 17.9 Å². The molecule has 30 heavy (non-hydrogen) atoms. The number of aromatic nitrogens is 3. The molecule has 6 nitrogen and oxygen atoms in total. The number of methoxy groups -OCH3 is 3. The van der Waals surface area contributed by atoms with Gasteiger partial charge >= 0.3 is 0 Å². The van der Waals surface area contributed by atoms with E-state index in [4.69, 9.17) is 14.2 Å². The number of ether oxygens (including phenoxy) is 3. The molecule has 0 N–H and O–H groups in total. The third-order valence-corrected chi connectivity index (χ3v) is 5.83. The SMILES string of the molecule is COc1ccc(-c2nnc(SCc3cc(OC)c(OC)cc3C)n2CC(C)C)cc1. The molecule has 2 aromatic carbocycles. The van der Waals surface area contributed by atoms with E-state index in [1.807, 2.05) is 36.4 Å². The molecule has 0 unspecified atom stereocenters. The summed E-state index contributed by atoms with van der Waals surface area (Å²) in [7, 11) is 4.98. The highest BCUT2D eigenvalue weighted by Gasteiger charge is 2.17. The van der Waals surface area contributed by atoms with Gasteiger partial charge in [-0.3, -0.25) is 0 Å². The van der Waals surface area contributed by atoms with Crippen molar-refractivity contribution in [2.45, 2.75) is 38.2 Å². The molecule has 3 rings (SSSR count). The van der Waals surface area contributed by atoms with Crippen molar-refractivity contribution in [2.24, 2.45) is 5.92 Å². The van der Waals surface area contributed by atoms with Gasteiger partial charge in [-0.15, -0.1) is 10.2 Å². The van der Waals surface area contributed by atoms with E-state index in [1.165, 1.54) is 5.56 Å². The molecule has 1 aromatic heterocycles. The summed E-state index contributed by atoms with van der Waals surface area (Å²) >= 11 is 1.68. The van der Waals surface area contributed by atoms with Crippen LogP contribution in [-0.2, 0) is 12.3 Å². The van der Waals surface area contributed by atoms with Crippen LogP contribution in [0.2, 0.25) is 0 Å². The highest BCUT2D eigenvalue weighted by molar-refractivity contribution is 7.98. The maximum Gasteiger partial charge on any atom is 0.191 e. The van der Waals surface area contributed by atoms with Gasteiger partial charge in [0.05, 0.1) is 21.3 Å². The van der Waals surface area contributed by atoms with Crippen molar-refractivity contribution in [1.29, 1.82) is 0 Å². The molecule has 0 spiro atoms. The van der Waals surface area contributed by atoms with Crippen molar-refractivity contribution in [1.82, 2.24) is 14.8 Å². The van der Waals surface area contributed by atoms with Crippen LogP contribution in [0.1, 0.15) is 25.0 Å². The van der Waals surface area contributed by atoms with Gasteiger partial charge in [0.15, 0.2) is 22.5 Å². The smallest absolute Gasteiger partial charge is 0.191 e. The molecule has 1 heterocycles. The van der Waals surface area contributed by atoms with Crippen LogP contribution < -0.4 is 14.2 Å². The van der Waals surface area contributed by atoms with Crippen LogP contribution in [-0.4, -0.2) is 36.1 Å². The largest absolute Gasteiger partial charge is 0.497 e. The second-order valence-corrected chi connectivity index (χ2v) is 8.40. The number of thioether (sulfide) groups is 1. The summed E-state index contributed by atoms with van der Waals surface area (Å²) in [5.74, 6) is 4.42. The molecule has 0 radical (unpaired) electrons. The van der Waals surface area contributed by atoms with Crippen molar-refractivity contribution in [3.8, 4) is 28.6 Å². The van der Waals surface area contributed by atoms with Crippen molar-refractivity contribution in [3.63, 3.8) is 0 Å². The van der Waals surface area contributed by atoms with E-state index in [0.29, 0.717) is 5.92 Å². The summed E-state index contributed by atoms with van der Waals surface area (Å²) in [6, 6.07) is 12.0. The van der Waals surface area contributed by atoms with Gasteiger partial charge in [-0.2, -0.15) is 0 Å². The third kappa shape index (κ3) is 4.90. The predicted octanol–water partition coefficient (Wildman–Crippen LogP) is 5.23. The lowest BCUT2D eigenvalue weighted by molar-refractivity contribution is 0.354. The Balaban J connectivity index is 1.88. The Bertz CT molecular complexity index is 984. The van der Waals surface area contributed by atoms with E-state index in [1.54, 1.807) is 33.1 Å². The Kier molecular flexibility index (Phi) is 7.26. The zero-order valence-electron chi connectivity index (χ0n) is 18.4. The van der Waals surface area contributed by atoms with Crippen molar-refractivity contribution < 1.29 is 14.2 Å². The second-order valence-electron chi connectivity index (χ2n) is 7.46. The predicted molar refractivity (Wildman–Crippen MR) is 121 cm³/mol. The molecule has 160 valence electrons. The molecule has 0 saturated heterocycles. The first-order valence-electron chi connectivity index (χ1n) is 9.88. The average Bonchev–Trinajstić information content (AvgIpc) is 3.14. The van der Waals surface area contributed by atoms with Gasteiger partial charge in [0.1, 0.15) is 5.75 Å². The third-order valence-electron chi connectivity index (χ3n) is 4.81. The standard InChI is InChI=1S/C23H29N3O3S/c1-15(2)13-26-22(17-7-9-19(27-4)10-8-17)24-25-23(26)30-14-18-12-21(29-6)20(28-5)11-16(18)3/h7-12,15H,13-14H2,1-6H3. The van der Waals surface area contributed by atoms with Gasteiger partial charge < -0.3 is 18.8 Å². The van der Waals surface area contributed by atoms with E-state index in [9.17, 15) is 0 Å². The highest BCUT2D eigenvalue weighted by atomic mass is 32.2. The zero-order valence-corrected chi connectivity index (χ0v) is 19.2. The van der Waals surface area contributed by atoms with Crippen LogP contribution >= 0.6 is 11.8 Å². The number of rotatable bonds is 9. The minimum absolute atomic E-state index is 0.472. The van der Waals surface area contributed by atoms with Crippen LogP contribution in [0.5, 0.6) is 17.2 Å². The number of hydrogen-bond donors (Lipinski definition) is 0. The Labute approximate surface area is 182 Å². The summed E-state index contributed by atoms with van der Waals surface area (Å²) in [4.78, 5) is 0. The maximum atomic E-state index is 5.46. The molecule has 0 amide bonds. The minimum Gasteiger partial charge on any atom is -0.497 e. The van der Waals surface area contributed by atoms with E-state index in [0.717, 1.165) is 51.7 Å². The lowest BCUT2D eigenvalue weighted by atomic mass is 10.1. The van der Waals surface area contributed by atoms with Crippen LogP contribution in [0.3, 0.4) is 0 Å². The number of aryl methyl sites for hydroxylation is 1. The summed E-state index contributed by atoms with van der Waals surface area (Å²) in [6.45, 7) is 7.33. The quantitative estimate of drug-likeness (QED) is 0.436. The van der Waals surface area contributed by atoms with Crippen LogP contribution in [0, 0.1) is 12.8 Å². The molecule has 0 aliphatic carbocycles. The molecule has 3 aromatic rings. The van der Waals surface area contributed by atoms with E-state index in [-0.39, 0.29) is 0 Å². The summed E-state index contributed by atoms with van der Waals surface area (Å²) in [5.41, 5.74) is 3.37. The van der Waals surface area contributed by atoms with Gasteiger partial charge in [-0.05, 0) is 60.4 Å². The van der Waals surface area contributed by atoms with Crippen LogP contribution in [0.4, 0.5) is 0 Å². The van der Waals surface area contributed by atoms with Crippen molar-refractivity contribution in [2.75, 3.05) is 21.3 Å². The van der Waals surface area contributed by atoms with Crippen LogP contribution in [0.25, 0.3) is 11.4 Å². The van der Waals surface area contributed by atoms with E-state index in [2.05, 4.69) is 35.5 Å². The molecule has 0 atom stereocenters. The van der Waals surface area contributed by atoms with Gasteiger partial charge in [0.25, 0.3) is 0 Å². The first-order chi connectivity index (χ1) is 14.5. The first-order valence-corrected chi connectivity index (χ1v) is 10.9. The topological polar surface area (TPSA) is 58.4 Å². The fourth-order valence-electron chi connectivity index (χ4n) is 3.20. The summed E-state index contributed by atoms with van der Waals surface area (Å²) < 4.78 is 18.3. The minimum atomic E-state index is 0.472. The lowest BCUT2D eigenvalue weighted by Crippen LogP contribution is -2.08. The maximum absolute atomic E-state index is 5.46. The van der Waals surface area contributed by atoms with Crippen molar-refractivity contribution in [3.05, 3.63) is 47.5 Å². The Morgan fingerprint density at radius 3 is 2.20 bits per heavy atom. The van der Waals surface area contributed by atoms with Gasteiger partial charge in [-0.25, -0.2) is 0 Å². The molecule has 0 saturated carbocycles. The first kappa shape index (κ1) is 22.0. The van der Waals surface area contributed by atoms with Crippen LogP contribution in [0.15, 0.2) is 41.6 Å². The molecule has 0 aliphatic rings. The molecular formula is C23H29N3O3S. The zero-order chi connectivity index (χ0) is 21.7. The van der Waals surface area contributed by atoms with E-state index < -0.39 is 0 Å². The fraction of sp³-hybridized carbons (Fsp3) is 0.391. The monoisotopic (exact) mass is 427 g/mol. The normalized spacial score (nSPS) is 11.0. The Morgan fingerprint density at radius 2 is 1.60 bits per heavy atom. The molecule has 0 bridgehead atoms. The lowest BCUT2D eigenvalue weighted by Gasteiger charge is -2.14. The average molecular weight is 428 g/mol. The summed E-state index contributed by atoms with van der Waals surface area (Å²) in [6.07, 6.45) is 0. The van der Waals surface area contributed by atoms with E-state index >= 15 is 0 Å². The number of hydrogen-bond acceptors (Lipinski definition) is 6. The fourth-order valence-corrected chi connectivity index (χ4v) is 4.21. The number of nitrogens with zero attached hydrogens (tertiary/aromatic N) is 3. The second kappa shape index (κ2) is 9.89. The molecule has 0 fully saturated rings. The summed E-state index contributed by atoms with van der Waals surface area (Å²) in [5, 5.41) is 9.90. The molecular weight excluding hydrogens is 398 g/mol. The number of benzene rings is 2. The molecule has 0 aliphatic heterocycles. The Morgan fingerprint density at radius 1 is 0.933 bits per heavy atom. The highest BCUT2D eigenvalue weighted by Crippen LogP contribution is 2.34. The molecule has 7 heteroatoms. The van der Waals surface area contributed by atoms with Gasteiger partial charge in [0.2, 0.25) is 0 Å². The van der Waals surface area contributed by atoms with Crippen molar-refractivity contribution >= 4 is 11.8 Å².